The van der Waals surface area contributed by atoms with Gasteiger partial charge in [-0.05, 0) is 13.8 Å². The number of carbonyl (C=O) groups is 1. The Labute approximate surface area is 136 Å². The number of hydrogen-bond donors (Lipinski definition) is 0. The van der Waals surface area contributed by atoms with Crippen molar-refractivity contribution in [2.45, 2.75) is 26.9 Å². The molecule has 124 valence electrons. The van der Waals surface area contributed by atoms with E-state index in [0.717, 1.165) is 45.0 Å². The van der Waals surface area contributed by atoms with E-state index in [1.807, 2.05) is 36.7 Å². The topological polar surface area (TPSA) is 59.2 Å². The zero-order valence-electron chi connectivity index (χ0n) is 14.1. The Hall–Kier alpha value is -2.15. The summed E-state index contributed by atoms with van der Waals surface area (Å²) in [5.74, 6) is 0.0851. The minimum atomic E-state index is 0.0851. The van der Waals surface area contributed by atoms with Crippen LogP contribution in [-0.4, -0.2) is 61.4 Å². The van der Waals surface area contributed by atoms with Gasteiger partial charge < -0.3 is 4.90 Å². The number of aromatic nitrogens is 4. The standard InChI is InChI=1S/C16H24N6O/c1-4-22-12-14(9-17-22)16(23)21-7-5-20(6-8-21)11-15-10-19(3)18-13(15)2/h9-10,12H,4-8,11H2,1-3H3. The lowest BCUT2D eigenvalue weighted by Crippen LogP contribution is -2.48. The zero-order valence-corrected chi connectivity index (χ0v) is 14.1. The first-order valence-electron chi connectivity index (χ1n) is 8.10. The predicted octanol–water partition coefficient (Wildman–Crippen LogP) is 0.903. The summed E-state index contributed by atoms with van der Waals surface area (Å²) in [6.45, 7) is 9.04. The quantitative estimate of drug-likeness (QED) is 0.841. The Morgan fingerprint density at radius 3 is 2.52 bits per heavy atom. The molecular weight excluding hydrogens is 292 g/mol. The first kappa shape index (κ1) is 15.7. The maximum Gasteiger partial charge on any atom is 0.257 e. The van der Waals surface area contributed by atoms with Gasteiger partial charge >= 0.3 is 0 Å². The first-order valence-corrected chi connectivity index (χ1v) is 8.10. The summed E-state index contributed by atoms with van der Waals surface area (Å²) in [7, 11) is 1.95. The van der Waals surface area contributed by atoms with E-state index in [0.29, 0.717) is 5.56 Å². The number of carbonyl (C=O) groups excluding carboxylic acids is 1. The van der Waals surface area contributed by atoms with Crippen molar-refractivity contribution in [2.24, 2.45) is 7.05 Å². The van der Waals surface area contributed by atoms with Crippen LogP contribution in [0.2, 0.25) is 0 Å². The van der Waals surface area contributed by atoms with Crippen LogP contribution in [-0.2, 0) is 20.1 Å². The second kappa shape index (κ2) is 6.54. The molecule has 7 nitrogen and oxygen atoms in total. The van der Waals surface area contributed by atoms with Gasteiger partial charge in [-0.2, -0.15) is 10.2 Å². The summed E-state index contributed by atoms with van der Waals surface area (Å²) in [5, 5.41) is 8.57. The normalized spacial score (nSPS) is 16.0. The smallest absolute Gasteiger partial charge is 0.257 e. The van der Waals surface area contributed by atoms with Crippen molar-refractivity contribution < 1.29 is 4.79 Å². The maximum atomic E-state index is 12.5. The minimum absolute atomic E-state index is 0.0851. The molecule has 0 radical (unpaired) electrons. The molecule has 1 aliphatic heterocycles. The molecular formula is C16H24N6O. The summed E-state index contributed by atoms with van der Waals surface area (Å²) in [6.07, 6.45) is 5.57. The van der Waals surface area contributed by atoms with Gasteiger partial charge in [-0.15, -0.1) is 0 Å². The van der Waals surface area contributed by atoms with Crippen molar-refractivity contribution in [3.8, 4) is 0 Å². The first-order chi connectivity index (χ1) is 11.1. The Bertz CT molecular complexity index is 681. The molecule has 0 N–H and O–H groups in total. The third-order valence-electron chi connectivity index (χ3n) is 4.37. The molecule has 0 unspecified atom stereocenters. The average Bonchev–Trinajstić information content (AvgIpc) is 3.14. The zero-order chi connectivity index (χ0) is 16.4. The van der Waals surface area contributed by atoms with E-state index in [4.69, 9.17) is 0 Å². The highest BCUT2D eigenvalue weighted by Crippen LogP contribution is 2.13. The molecule has 0 spiro atoms. The van der Waals surface area contributed by atoms with Crippen LogP contribution in [0, 0.1) is 6.92 Å². The predicted molar refractivity (Wildman–Crippen MR) is 87.0 cm³/mol. The molecule has 1 fully saturated rings. The second-order valence-electron chi connectivity index (χ2n) is 6.07. The summed E-state index contributed by atoms with van der Waals surface area (Å²) >= 11 is 0. The van der Waals surface area contributed by atoms with Crippen molar-refractivity contribution in [2.75, 3.05) is 26.2 Å². The highest BCUT2D eigenvalue weighted by Gasteiger charge is 2.23. The van der Waals surface area contributed by atoms with Crippen LogP contribution >= 0.6 is 0 Å². The number of nitrogens with zero attached hydrogens (tertiary/aromatic N) is 6. The van der Waals surface area contributed by atoms with Crippen molar-refractivity contribution >= 4 is 5.91 Å². The van der Waals surface area contributed by atoms with Crippen LogP contribution < -0.4 is 0 Å². The maximum absolute atomic E-state index is 12.5. The van der Waals surface area contributed by atoms with Gasteiger partial charge in [-0.25, -0.2) is 0 Å². The molecule has 1 amide bonds. The Morgan fingerprint density at radius 2 is 1.96 bits per heavy atom. The molecule has 1 saturated heterocycles. The Kier molecular flexibility index (Phi) is 4.47. The Morgan fingerprint density at radius 1 is 1.22 bits per heavy atom. The lowest BCUT2D eigenvalue weighted by Gasteiger charge is -2.34. The van der Waals surface area contributed by atoms with Gasteiger partial charge in [0.25, 0.3) is 5.91 Å². The minimum Gasteiger partial charge on any atom is -0.336 e. The molecule has 0 atom stereocenters. The van der Waals surface area contributed by atoms with E-state index < -0.39 is 0 Å². The van der Waals surface area contributed by atoms with Gasteiger partial charge in [0, 0.05) is 64.3 Å². The lowest BCUT2D eigenvalue weighted by molar-refractivity contribution is 0.0628. The summed E-state index contributed by atoms with van der Waals surface area (Å²) < 4.78 is 3.64. The largest absolute Gasteiger partial charge is 0.336 e. The van der Waals surface area contributed by atoms with Gasteiger partial charge in [0.1, 0.15) is 0 Å². The van der Waals surface area contributed by atoms with E-state index in [-0.39, 0.29) is 5.91 Å². The SMILES string of the molecule is CCn1cc(C(=O)N2CCN(Cc3cn(C)nc3C)CC2)cn1. The van der Waals surface area contributed by atoms with Gasteiger partial charge in [0.05, 0.1) is 17.5 Å². The van der Waals surface area contributed by atoms with Crippen molar-refractivity contribution in [1.29, 1.82) is 0 Å². The molecule has 0 saturated carbocycles. The van der Waals surface area contributed by atoms with Crippen molar-refractivity contribution in [1.82, 2.24) is 29.4 Å². The van der Waals surface area contributed by atoms with Crippen LogP contribution in [0.1, 0.15) is 28.5 Å². The number of aryl methyl sites for hydroxylation is 3. The van der Waals surface area contributed by atoms with Crippen LogP contribution in [0.15, 0.2) is 18.6 Å². The molecule has 2 aromatic rings. The number of hydrogen-bond acceptors (Lipinski definition) is 4. The number of rotatable bonds is 4. The summed E-state index contributed by atoms with van der Waals surface area (Å²) in [4.78, 5) is 16.8. The average molecular weight is 316 g/mol. The third kappa shape index (κ3) is 3.44. The molecule has 0 aromatic carbocycles. The molecule has 23 heavy (non-hydrogen) atoms. The fourth-order valence-electron chi connectivity index (χ4n) is 2.98. The lowest BCUT2D eigenvalue weighted by atomic mass is 10.2. The second-order valence-corrected chi connectivity index (χ2v) is 6.07. The van der Waals surface area contributed by atoms with E-state index >= 15 is 0 Å². The molecule has 3 heterocycles. The number of piperazine rings is 1. The molecule has 0 aliphatic carbocycles. The molecule has 7 heteroatoms. The third-order valence-corrected chi connectivity index (χ3v) is 4.37. The fourth-order valence-corrected chi connectivity index (χ4v) is 2.98. The van der Waals surface area contributed by atoms with Crippen LogP contribution in [0.4, 0.5) is 0 Å². The Balaban J connectivity index is 1.55. The van der Waals surface area contributed by atoms with Crippen LogP contribution in [0.5, 0.6) is 0 Å². The number of amides is 1. The summed E-state index contributed by atoms with van der Waals surface area (Å²) in [6, 6.07) is 0. The molecule has 1 aliphatic rings. The highest BCUT2D eigenvalue weighted by molar-refractivity contribution is 5.93. The molecule has 3 rings (SSSR count). The van der Waals surface area contributed by atoms with E-state index in [1.54, 1.807) is 10.9 Å². The van der Waals surface area contributed by atoms with Gasteiger partial charge in [0.2, 0.25) is 0 Å². The highest BCUT2D eigenvalue weighted by atomic mass is 16.2. The monoisotopic (exact) mass is 316 g/mol. The van der Waals surface area contributed by atoms with Crippen molar-refractivity contribution in [3.05, 3.63) is 35.4 Å². The van der Waals surface area contributed by atoms with Gasteiger partial charge in [0.15, 0.2) is 0 Å². The van der Waals surface area contributed by atoms with E-state index in [9.17, 15) is 4.79 Å². The van der Waals surface area contributed by atoms with Crippen molar-refractivity contribution in [3.63, 3.8) is 0 Å². The van der Waals surface area contributed by atoms with Gasteiger partial charge in [-0.1, -0.05) is 0 Å². The fraction of sp³-hybridized carbons (Fsp3) is 0.562. The van der Waals surface area contributed by atoms with Gasteiger partial charge in [-0.3, -0.25) is 19.1 Å². The van der Waals surface area contributed by atoms with Crippen LogP contribution in [0.25, 0.3) is 0 Å². The molecule has 0 bridgehead atoms. The van der Waals surface area contributed by atoms with E-state index in [2.05, 4.69) is 21.3 Å². The van der Waals surface area contributed by atoms with E-state index in [1.165, 1.54) is 5.56 Å². The van der Waals surface area contributed by atoms with Crippen LogP contribution in [0.3, 0.4) is 0 Å². The summed E-state index contributed by atoms with van der Waals surface area (Å²) in [5.41, 5.74) is 3.03. The molecule has 2 aromatic heterocycles.